The molecule has 2 aliphatic heterocycles. The summed E-state index contributed by atoms with van der Waals surface area (Å²) in [4.78, 5) is 32.8. The Hall–Kier alpha value is -2.18. The van der Waals surface area contributed by atoms with Gasteiger partial charge in [-0.25, -0.2) is 0 Å². The summed E-state index contributed by atoms with van der Waals surface area (Å²) in [6.45, 7) is 7.23. The van der Waals surface area contributed by atoms with Gasteiger partial charge in [0.15, 0.2) is 0 Å². The zero-order valence-electron chi connectivity index (χ0n) is 17.8. The highest BCUT2D eigenvalue weighted by molar-refractivity contribution is 7.12. The molecule has 0 N–H and O–H groups in total. The van der Waals surface area contributed by atoms with Gasteiger partial charge in [0.25, 0.3) is 5.91 Å². The maximum absolute atomic E-state index is 13.2. The van der Waals surface area contributed by atoms with Gasteiger partial charge >= 0.3 is 0 Å². The smallest absolute Gasteiger partial charge is 0.264 e. The van der Waals surface area contributed by atoms with Crippen molar-refractivity contribution in [2.75, 3.05) is 45.8 Å². The fraction of sp³-hybridized carbons (Fsp3) is 0.500. The minimum absolute atomic E-state index is 0.110. The first-order valence-corrected chi connectivity index (χ1v) is 11.9. The van der Waals surface area contributed by atoms with Crippen molar-refractivity contribution in [1.29, 1.82) is 0 Å². The van der Waals surface area contributed by atoms with Crippen molar-refractivity contribution >= 4 is 23.2 Å². The number of hydrogen-bond acceptors (Lipinski definition) is 4. The monoisotopic (exact) mass is 425 g/mol. The molecule has 0 bridgehead atoms. The molecule has 6 heteroatoms. The lowest BCUT2D eigenvalue weighted by molar-refractivity contribution is -0.132. The number of aryl methyl sites for hydroxylation is 1. The zero-order chi connectivity index (χ0) is 20.9. The number of likely N-dealkylation sites (tertiary alicyclic amines) is 1. The molecule has 0 radical (unpaired) electrons. The Labute approximate surface area is 183 Å². The van der Waals surface area contributed by atoms with Gasteiger partial charge in [-0.1, -0.05) is 42.7 Å². The summed E-state index contributed by atoms with van der Waals surface area (Å²) >= 11 is 1.52. The van der Waals surface area contributed by atoms with E-state index in [-0.39, 0.29) is 11.8 Å². The molecule has 0 atom stereocenters. The summed E-state index contributed by atoms with van der Waals surface area (Å²) < 4.78 is 0. The third-order valence-electron chi connectivity index (χ3n) is 6.20. The van der Waals surface area contributed by atoms with E-state index in [4.69, 9.17) is 0 Å². The van der Waals surface area contributed by atoms with Crippen LogP contribution in [0, 0.1) is 6.92 Å². The Morgan fingerprint density at radius 2 is 1.50 bits per heavy atom. The lowest BCUT2D eigenvalue weighted by atomic mass is 10.0. The molecule has 3 heterocycles. The van der Waals surface area contributed by atoms with Gasteiger partial charge in [0.05, 0.1) is 11.4 Å². The second-order valence-corrected chi connectivity index (χ2v) is 9.31. The zero-order valence-corrected chi connectivity index (χ0v) is 18.6. The molecular weight excluding hydrogens is 394 g/mol. The molecule has 30 heavy (non-hydrogen) atoms. The number of hydrogen-bond donors (Lipinski definition) is 0. The molecule has 0 aliphatic carbocycles. The maximum Gasteiger partial charge on any atom is 0.264 e. The third kappa shape index (κ3) is 4.93. The summed E-state index contributed by atoms with van der Waals surface area (Å²) in [7, 11) is 0. The van der Waals surface area contributed by atoms with Crippen molar-refractivity contribution in [1.82, 2.24) is 14.7 Å². The Kier molecular flexibility index (Phi) is 6.85. The van der Waals surface area contributed by atoms with Crippen molar-refractivity contribution in [2.45, 2.75) is 32.6 Å². The fourth-order valence-electron chi connectivity index (χ4n) is 4.30. The molecule has 1 aromatic heterocycles. The molecule has 1 aromatic carbocycles. The van der Waals surface area contributed by atoms with Gasteiger partial charge in [-0.3, -0.25) is 14.5 Å². The molecule has 0 spiro atoms. The van der Waals surface area contributed by atoms with E-state index < -0.39 is 0 Å². The predicted molar refractivity (Wildman–Crippen MR) is 122 cm³/mol. The number of nitrogens with zero attached hydrogens (tertiary/aromatic N) is 3. The number of carbonyl (C=O) groups is 2. The highest BCUT2D eigenvalue weighted by Gasteiger charge is 2.27. The van der Waals surface area contributed by atoms with E-state index in [0.29, 0.717) is 19.6 Å². The number of carbonyl (C=O) groups excluding carboxylic acids is 2. The molecule has 0 saturated carbocycles. The van der Waals surface area contributed by atoms with E-state index in [0.717, 1.165) is 55.0 Å². The van der Waals surface area contributed by atoms with Gasteiger partial charge in [0.2, 0.25) is 5.91 Å². The summed E-state index contributed by atoms with van der Waals surface area (Å²) in [6, 6.07) is 10.4. The Bertz CT molecular complexity index is 861. The van der Waals surface area contributed by atoms with Gasteiger partial charge in [-0.05, 0) is 36.8 Å². The van der Waals surface area contributed by atoms with Crippen molar-refractivity contribution in [3.8, 4) is 11.1 Å². The third-order valence-corrected chi connectivity index (χ3v) is 7.10. The quantitative estimate of drug-likeness (QED) is 0.747. The highest BCUT2D eigenvalue weighted by Crippen LogP contribution is 2.30. The molecule has 4 rings (SSSR count). The van der Waals surface area contributed by atoms with E-state index in [1.54, 1.807) is 0 Å². The van der Waals surface area contributed by atoms with Crippen LogP contribution >= 0.6 is 11.3 Å². The van der Waals surface area contributed by atoms with Crippen LogP contribution in [-0.2, 0) is 4.79 Å². The SMILES string of the molecule is Cc1ccc(-c2ccsc2C(=O)N2CCN(CC(=O)N3CCCCCC3)CC2)cc1. The largest absolute Gasteiger partial charge is 0.342 e. The van der Waals surface area contributed by atoms with E-state index >= 15 is 0 Å². The van der Waals surface area contributed by atoms with Crippen LogP contribution in [0.2, 0.25) is 0 Å². The molecule has 2 fully saturated rings. The Morgan fingerprint density at radius 3 is 2.17 bits per heavy atom. The first-order chi connectivity index (χ1) is 14.6. The van der Waals surface area contributed by atoms with Crippen LogP contribution in [-0.4, -0.2) is 72.3 Å². The van der Waals surface area contributed by atoms with E-state index in [2.05, 4.69) is 36.1 Å². The normalized spacial score (nSPS) is 18.3. The molecule has 2 aliphatic rings. The van der Waals surface area contributed by atoms with Crippen LogP contribution in [0.4, 0.5) is 0 Å². The lowest BCUT2D eigenvalue weighted by Gasteiger charge is -2.35. The minimum Gasteiger partial charge on any atom is -0.342 e. The van der Waals surface area contributed by atoms with Gasteiger partial charge in [0, 0.05) is 44.8 Å². The summed E-state index contributed by atoms with van der Waals surface area (Å²) in [6.07, 6.45) is 4.71. The van der Waals surface area contributed by atoms with Crippen molar-refractivity contribution in [3.63, 3.8) is 0 Å². The molecule has 0 unspecified atom stereocenters. The average Bonchev–Trinajstić information content (AvgIpc) is 3.08. The van der Waals surface area contributed by atoms with E-state index in [1.807, 2.05) is 21.2 Å². The van der Waals surface area contributed by atoms with Crippen molar-refractivity contribution < 1.29 is 9.59 Å². The molecule has 2 saturated heterocycles. The lowest BCUT2D eigenvalue weighted by Crippen LogP contribution is -2.51. The van der Waals surface area contributed by atoms with Crippen LogP contribution in [0.25, 0.3) is 11.1 Å². The molecule has 5 nitrogen and oxygen atoms in total. The molecular formula is C24H31N3O2S. The maximum atomic E-state index is 13.2. The van der Waals surface area contributed by atoms with Crippen LogP contribution in [0.5, 0.6) is 0 Å². The Morgan fingerprint density at radius 1 is 0.833 bits per heavy atom. The topological polar surface area (TPSA) is 43.9 Å². The van der Waals surface area contributed by atoms with Gasteiger partial charge in [-0.15, -0.1) is 11.3 Å². The molecule has 2 amide bonds. The summed E-state index contributed by atoms with van der Waals surface area (Å²) in [5, 5.41) is 2.00. The number of thiophene rings is 1. The fourth-order valence-corrected chi connectivity index (χ4v) is 5.18. The van der Waals surface area contributed by atoms with Crippen molar-refractivity contribution in [2.24, 2.45) is 0 Å². The Balaban J connectivity index is 1.33. The summed E-state index contributed by atoms with van der Waals surface area (Å²) in [5.74, 6) is 0.357. The number of benzene rings is 1. The highest BCUT2D eigenvalue weighted by atomic mass is 32.1. The van der Waals surface area contributed by atoms with E-state index in [1.165, 1.54) is 29.7 Å². The molecule has 160 valence electrons. The standard InChI is InChI=1S/C24H31N3O2S/c1-19-6-8-20(9-7-19)21-10-17-30-23(21)24(29)27-15-13-25(14-16-27)18-22(28)26-11-4-2-3-5-12-26/h6-10,17H,2-5,11-16,18H2,1H3. The first-order valence-electron chi connectivity index (χ1n) is 11.1. The van der Waals surface area contributed by atoms with E-state index in [9.17, 15) is 9.59 Å². The first kappa shape index (κ1) is 21.1. The van der Waals surface area contributed by atoms with Crippen LogP contribution in [0.15, 0.2) is 35.7 Å². The van der Waals surface area contributed by atoms with Gasteiger partial charge in [-0.2, -0.15) is 0 Å². The summed E-state index contributed by atoms with van der Waals surface area (Å²) in [5.41, 5.74) is 3.32. The number of rotatable bonds is 4. The van der Waals surface area contributed by atoms with Crippen LogP contribution in [0.3, 0.4) is 0 Å². The van der Waals surface area contributed by atoms with Crippen LogP contribution < -0.4 is 0 Å². The second kappa shape index (κ2) is 9.75. The number of amides is 2. The number of piperazine rings is 1. The average molecular weight is 426 g/mol. The van der Waals surface area contributed by atoms with Crippen LogP contribution in [0.1, 0.15) is 40.9 Å². The minimum atomic E-state index is 0.110. The van der Waals surface area contributed by atoms with Crippen molar-refractivity contribution in [3.05, 3.63) is 46.2 Å². The second-order valence-electron chi connectivity index (χ2n) is 8.39. The van der Waals surface area contributed by atoms with Gasteiger partial charge in [0.1, 0.15) is 0 Å². The molecule has 2 aromatic rings. The van der Waals surface area contributed by atoms with Gasteiger partial charge < -0.3 is 9.80 Å². The predicted octanol–water partition coefficient (Wildman–Crippen LogP) is 3.88.